The number of rotatable bonds is 3. The number of thioether (sulfide) groups is 1. The van der Waals surface area contributed by atoms with E-state index in [9.17, 15) is 9.59 Å². The molecule has 5 nitrogen and oxygen atoms in total. The van der Waals surface area contributed by atoms with Crippen molar-refractivity contribution < 1.29 is 14.3 Å². The Kier molecular flexibility index (Phi) is 4.57. The number of benzene rings is 2. The maximum atomic E-state index is 13.5. The standard InChI is InChI=1S/C21H16N2O3S3/c1-26-13-9-7-11(8-10-13)14-15-17(28-18-16(14)29-21(27)22-18)20(25)23(19(15)24)12-5-3-2-4-6-12/h2-10,14-15,17H,1H3,(H,22,27)/t14-,15+,17-/m0/s1. The Labute approximate surface area is 180 Å². The molecule has 0 unspecified atom stereocenters. The monoisotopic (exact) mass is 440 g/mol. The topological polar surface area (TPSA) is 62.4 Å². The van der Waals surface area contributed by atoms with Crippen molar-refractivity contribution in [1.82, 2.24) is 4.98 Å². The van der Waals surface area contributed by atoms with Gasteiger partial charge in [0.05, 0.1) is 23.7 Å². The second-order valence-corrected chi connectivity index (χ2v) is 9.74. The van der Waals surface area contributed by atoms with Gasteiger partial charge >= 0.3 is 0 Å². The molecule has 2 amide bonds. The zero-order chi connectivity index (χ0) is 20.1. The van der Waals surface area contributed by atoms with Gasteiger partial charge in [-0.1, -0.05) is 42.1 Å². The van der Waals surface area contributed by atoms with Crippen LogP contribution in [0.15, 0.2) is 59.6 Å². The molecule has 0 radical (unpaired) electrons. The van der Waals surface area contributed by atoms with Crippen molar-refractivity contribution in [3.63, 3.8) is 0 Å². The molecule has 0 spiro atoms. The molecule has 0 aliphatic carbocycles. The molecule has 29 heavy (non-hydrogen) atoms. The van der Waals surface area contributed by atoms with Gasteiger partial charge in [-0.05, 0) is 42.0 Å². The maximum absolute atomic E-state index is 13.5. The molecule has 2 aliphatic heterocycles. The molecule has 5 rings (SSSR count). The number of nitrogens with zero attached hydrogens (tertiary/aromatic N) is 1. The predicted molar refractivity (Wildman–Crippen MR) is 116 cm³/mol. The van der Waals surface area contributed by atoms with Crippen molar-refractivity contribution in [2.24, 2.45) is 5.92 Å². The number of carbonyl (C=O) groups excluding carboxylic acids is 2. The predicted octanol–water partition coefficient (Wildman–Crippen LogP) is 4.61. The summed E-state index contributed by atoms with van der Waals surface area (Å²) in [5.74, 6) is -0.298. The number of hydrogen-bond acceptors (Lipinski definition) is 6. The molecule has 1 fully saturated rings. The fourth-order valence-corrected chi connectivity index (χ4v) is 6.98. The van der Waals surface area contributed by atoms with E-state index in [0.717, 1.165) is 21.2 Å². The Bertz CT molecular complexity index is 1150. The second-order valence-electron chi connectivity index (χ2n) is 6.87. The SMILES string of the molecule is COc1ccc([C@@H]2c3sc(=S)[nH]c3S[C@@H]3C(=O)N(c4ccccc4)C(=O)[C@H]23)cc1. The van der Waals surface area contributed by atoms with E-state index in [-0.39, 0.29) is 17.7 Å². The number of para-hydroxylation sites is 1. The first-order chi connectivity index (χ1) is 14.1. The van der Waals surface area contributed by atoms with Crippen molar-refractivity contribution in [2.75, 3.05) is 12.0 Å². The van der Waals surface area contributed by atoms with E-state index in [1.54, 1.807) is 19.2 Å². The lowest BCUT2D eigenvalue weighted by Crippen LogP contribution is -2.32. The highest BCUT2D eigenvalue weighted by Crippen LogP contribution is 2.54. The van der Waals surface area contributed by atoms with Crippen LogP contribution in [0.1, 0.15) is 16.4 Å². The zero-order valence-electron chi connectivity index (χ0n) is 15.3. The van der Waals surface area contributed by atoms with E-state index < -0.39 is 11.2 Å². The van der Waals surface area contributed by atoms with Gasteiger partial charge in [-0.2, -0.15) is 0 Å². The second kappa shape index (κ2) is 7.12. The van der Waals surface area contributed by atoms with Crippen molar-refractivity contribution in [3.05, 3.63) is 69.0 Å². The highest BCUT2D eigenvalue weighted by atomic mass is 32.2. The van der Waals surface area contributed by atoms with Crippen molar-refractivity contribution in [2.45, 2.75) is 16.2 Å². The lowest BCUT2D eigenvalue weighted by atomic mass is 9.83. The van der Waals surface area contributed by atoms with Crippen LogP contribution in [-0.4, -0.2) is 29.2 Å². The number of carbonyl (C=O) groups is 2. The summed E-state index contributed by atoms with van der Waals surface area (Å²) in [6.07, 6.45) is 0. The number of methoxy groups -OCH3 is 1. The molecular formula is C21H16N2O3S3. The van der Waals surface area contributed by atoms with E-state index >= 15 is 0 Å². The summed E-state index contributed by atoms with van der Waals surface area (Å²) in [5, 5.41) is 0.403. The number of fused-ring (bicyclic) bond motifs is 2. The number of ether oxygens (including phenoxy) is 1. The molecule has 0 bridgehead atoms. The molecule has 1 saturated heterocycles. The molecule has 3 aromatic rings. The van der Waals surface area contributed by atoms with Crippen molar-refractivity contribution >= 4 is 52.8 Å². The molecule has 0 saturated carbocycles. The number of aromatic amines is 1. The quantitative estimate of drug-likeness (QED) is 0.476. The summed E-state index contributed by atoms with van der Waals surface area (Å²) in [6, 6.07) is 16.8. The number of thiazole rings is 1. The van der Waals surface area contributed by atoms with Crippen LogP contribution in [-0.2, 0) is 9.59 Å². The number of amides is 2. The van der Waals surface area contributed by atoms with Crippen LogP contribution in [0.4, 0.5) is 5.69 Å². The normalized spacial score (nSPS) is 23.1. The Balaban J connectivity index is 1.64. The number of H-pyrrole nitrogens is 1. The average molecular weight is 441 g/mol. The van der Waals surface area contributed by atoms with Crippen molar-refractivity contribution in [3.8, 4) is 5.75 Å². The van der Waals surface area contributed by atoms with Gasteiger partial charge in [0.15, 0.2) is 3.95 Å². The largest absolute Gasteiger partial charge is 0.497 e. The number of nitrogens with one attached hydrogen (secondary N) is 1. The van der Waals surface area contributed by atoms with E-state index in [1.807, 2.05) is 42.5 Å². The molecule has 3 heterocycles. The third-order valence-corrected chi connectivity index (χ3v) is 8.07. The average Bonchev–Trinajstić information content (AvgIpc) is 3.23. The highest BCUT2D eigenvalue weighted by molar-refractivity contribution is 8.01. The summed E-state index contributed by atoms with van der Waals surface area (Å²) in [7, 11) is 1.62. The Morgan fingerprint density at radius 1 is 1.03 bits per heavy atom. The van der Waals surface area contributed by atoms with Crippen LogP contribution >= 0.6 is 35.3 Å². The minimum absolute atomic E-state index is 0.163. The Morgan fingerprint density at radius 3 is 2.45 bits per heavy atom. The van der Waals surface area contributed by atoms with Crippen LogP contribution in [0.3, 0.4) is 0 Å². The van der Waals surface area contributed by atoms with Gasteiger partial charge in [0.25, 0.3) is 0 Å². The first-order valence-corrected chi connectivity index (χ1v) is 11.2. The molecule has 1 N–H and O–H groups in total. The van der Waals surface area contributed by atoms with Gasteiger partial charge in [-0.15, -0.1) is 11.3 Å². The van der Waals surface area contributed by atoms with Gasteiger partial charge < -0.3 is 9.72 Å². The van der Waals surface area contributed by atoms with Crippen LogP contribution < -0.4 is 9.64 Å². The maximum Gasteiger partial charge on any atom is 0.248 e. The van der Waals surface area contributed by atoms with Crippen LogP contribution in [0.5, 0.6) is 5.75 Å². The molecule has 3 atom stereocenters. The van der Waals surface area contributed by atoms with Crippen LogP contribution in [0.2, 0.25) is 0 Å². The molecule has 146 valence electrons. The zero-order valence-corrected chi connectivity index (χ0v) is 17.8. The molecule has 2 aliphatic rings. The highest BCUT2D eigenvalue weighted by Gasteiger charge is 2.56. The molecule has 1 aromatic heterocycles. The van der Waals surface area contributed by atoms with Gasteiger partial charge in [0.2, 0.25) is 11.8 Å². The first kappa shape index (κ1) is 18.6. The minimum Gasteiger partial charge on any atom is -0.497 e. The van der Waals surface area contributed by atoms with E-state index in [4.69, 9.17) is 17.0 Å². The van der Waals surface area contributed by atoms with Crippen LogP contribution in [0, 0.1) is 9.87 Å². The number of imide groups is 1. The molecular weight excluding hydrogens is 424 g/mol. The smallest absolute Gasteiger partial charge is 0.248 e. The third kappa shape index (κ3) is 2.94. The molecule has 8 heteroatoms. The summed E-state index contributed by atoms with van der Waals surface area (Å²) >= 11 is 8.26. The van der Waals surface area contributed by atoms with Gasteiger partial charge in [0.1, 0.15) is 11.0 Å². The fourth-order valence-electron chi connectivity index (χ4n) is 4.02. The van der Waals surface area contributed by atoms with Gasteiger partial charge in [0, 0.05) is 10.8 Å². The first-order valence-electron chi connectivity index (χ1n) is 9.05. The lowest BCUT2D eigenvalue weighted by Gasteiger charge is -2.30. The van der Waals surface area contributed by atoms with Crippen LogP contribution in [0.25, 0.3) is 0 Å². The van der Waals surface area contributed by atoms with Crippen molar-refractivity contribution in [1.29, 1.82) is 0 Å². The Morgan fingerprint density at radius 2 is 1.76 bits per heavy atom. The van der Waals surface area contributed by atoms with E-state index in [0.29, 0.717) is 9.64 Å². The summed E-state index contributed by atoms with van der Waals surface area (Å²) in [4.78, 5) is 32.3. The lowest BCUT2D eigenvalue weighted by molar-refractivity contribution is -0.122. The van der Waals surface area contributed by atoms with Gasteiger partial charge in [-0.3, -0.25) is 9.59 Å². The fraction of sp³-hybridized carbons (Fsp3) is 0.190. The summed E-state index contributed by atoms with van der Waals surface area (Å²) < 4.78 is 5.93. The van der Waals surface area contributed by atoms with E-state index in [1.165, 1.54) is 28.0 Å². The van der Waals surface area contributed by atoms with Gasteiger partial charge in [-0.25, -0.2) is 4.90 Å². The number of aromatic nitrogens is 1. The van der Waals surface area contributed by atoms with E-state index in [2.05, 4.69) is 4.98 Å². The molecule has 2 aromatic carbocycles. The third-order valence-electron chi connectivity index (χ3n) is 5.31. The number of hydrogen-bond donors (Lipinski definition) is 1. The number of anilines is 1. The summed E-state index contributed by atoms with van der Waals surface area (Å²) in [6.45, 7) is 0. The Hall–Kier alpha value is -2.42. The summed E-state index contributed by atoms with van der Waals surface area (Å²) in [5.41, 5.74) is 1.59. The minimum atomic E-state index is -0.484.